The fraction of sp³-hybridized carbons (Fsp3) is 0. The summed E-state index contributed by atoms with van der Waals surface area (Å²) in [6.45, 7) is 7.83. The Labute approximate surface area is 300 Å². The molecular formula is C48H30N4. The Balaban J connectivity index is 1.27. The van der Waals surface area contributed by atoms with Gasteiger partial charge in [0, 0.05) is 38.7 Å². The van der Waals surface area contributed by atoms with Gasteiger partial charge in [-0.1, -0.05) is 121 Å². The highest BCUT2D eigenvalue weighted by Gasteiger charge is 2.21. The van der Waals surface area contributed by atoms with Gasteiger partial charge in [-0.05, 0) is 77.2 Å². The highest BCUT2D eigenvalue weighted by molar-refractivity contribution is 6.26. The van der Waals surface area contributed by atoms with Crippen LogP contribution in [0.2, 0.25) is 0 Å². The lowest BCUT2D eigenvalue weighted by Gasteiger charge is -2.13. The SMILES string of the molecule is [C-]#[N+]c1ccc2c(c1)c1ccc3c(c4ccccc4n3-c3ccccc3)c1n2-c1cccc(-c2cc(-c3ccccc3)cc(-c3ccccc3)n2)c1. The van der Waals surface area contributed by atoms with E-state index in [2.05, 4.69) is 172 Å². The van der Waals surface area contributed by atoms with Gasteiger partial charge in [0.2, 0.25) is 0 Å². The number of fused-ring (bicyclic) bond motifs is 7. The van der Waals surface area contributed by atoms with Gasteiger partial charge in [0.1, 0.15) is 0 Å². The van der Waals surface area contributed by atoms with Crippen molar-refractivity contribution in [2.24, 2.45) is 0 Å². The molecule has 10 aromatic rings. The van der Waals surface area contributed by atoms with Crippen LogP contribution < -0.4 is 0 Å². The second-order valence-electron chi connectivity index (χ2n) is 13.1. The summed E-state index contributed by atoms with van der Waals surface area (Å²) in [7, 11) is 0. The lowest BCUT2D eigenvalue weighted by atomic mass is 10.00. The molecule has 0 atom stereocenters. The van der Waals surface area contributed by atoms with Crippen LogP contribution >= 0.6 is 0 Å². The van der Waals surface area contributed by atoms with Gasteiger partial charge >= 0.3 is 0 Å². The first-order valence-corrected chi connectivity index (χ1v) is 17.4. The summed E-state index contributed by atoms with van der Waals surface area (Å²) in [4.78, 5) is 9.07. The Morgan fingerprint density at radius 2 is 1.02 bits per heavy atom. The van der Waals surface area contributed by atoms with E-state index in [0.29, 0.717) is 5.69 Å². The van der Waals surface area contributed by atoms with Gasteiger partial charge in [-0.15, -0.1) is 0 Å². The predicted molar refractivity (Wildman–Crippen MR) is 215 cm³/mol. The normalized spacial score (nSPS) is 11.4. The van der Waals surface area contributed by atoms with Crippen LogP contribution in [0.4, 0.5) is 5.69 Å². The predicted octanol–water partition coefficient (Wildman–Crippen LogP) is 12.8. The topological polar surface area (TPSA) is 27.1 Å². The average Bonchev–Trinajstić information content (AvgIpc) is 3.74. The van der Waals surface area contributed by atoms with Crippen molar-refractivity contribution >= 4 is 49.3 Å². The molecule has 0 N–H and O–H groups in total. The number of nitrogens with zero attached hydrogens (tertiary/aromatic N) is 4. The average molecular weight is 663 g/mol. The van der Waals surface area contributed by atoms with Gasteiger partial charge in [-0.2, -0.15) is 0 Å². The standard InChI is InChI=1S/C48H30N4/c1-49-36-24-26-45-41(31-36)39-25-27-46-47(40-22-11-12-23-44(40)51(46)37-19-9-4-10-20-37)48(39)52(45)38-21-13-18-34(28-38)43-30-35(32-14-5-2-6-15-32)29-42(50-43)33-16-7-3-8-17-33/h2-31H. The van der Waals surface area contributed by atoms with Crippen LogP contribution in [0.5, 0.6) is 0 Å². The van der Waals surface area contributed by atoms with Crippen molar-refractivity contribution in [3.8, 4) is 45.0 Å². The molecule has 0 unspecified atom stereocenters. The molecule has 242 valence electrons. The summed E-state index contributed by atoms with van der Waals surface area (Å²) in [6, 6.07) is 63.7. The van der Waals surface area contributed by atoms with Crippen LogP contribution in [0.3, 0.4) is 0 Å². The van der Waals surface area contributed by atoms with E-state index in [9.17, 15) is 0 Å². The molecule has 4 heteroatoms. The Kier molecular flexibility index (Phi) is 6.84. The molecule has 3 aromatic heterocycles. The number of para-hydroxylation sites is 2. The molecule has 3 heterocycles. The first-order chi connectivity index (χ1) is 25.7. The van der Waals surface area contributed by atoms with E-state index >= 15 is 0 Å². The zero-order valence-corrected chi connectivity index (χ0v) is 28.1. The Morgan fingerprint density at radius 1 is 0.404 bits per heavy atom. The molecular weight excluding hydrogens is 633 g/mol. The van der Waals surface area contributed by atoms with Gasteiger partial charge in [-0.25, -0.2) is 9.83 Å². The van der Waals surface area contributed by atoms with E-state index in [1.54, 1.807) is 0 Å². The monoisotopic (exact) mass is 662 g/mol. The summed E-state index contributed by atoms with van der Waals surface area (Å²) in [5.41, 5.74) is 13.4. The molecule has 52 heavy (non-hydrogen) atoms. The molecule has 0 saturated heterocycles. The van der Waals surface area contributed by atoms with Crippen LogP contribution in [0.25, 0.3) is 93.5 Å². The molecule has 0 aliphatic carbocycles. The molecule has 0 fully saturated rings. The van der Waals surface area contributed by atoms with E-state index in [-0.39, 0.29) is 0 Å². The van der Waals surface area contributed by atoms with Gasteiger partial charge in [0.15, 0.2) is 5.69 Å². The number of pyridine rings is 1. The van der Waals surface area contributed by atoms with Gasteiger partial charge in [0.25, 0.3) is 0 Å². The summed E-state index contributed by atoms with van der Waals surface area (Å²) in [6.07, 6.45) is 0. The molecule has 0 aliphatic heterocycles. The molecule has 0 saturated carbocycles. The number of hydrogen-bond donors (Lipinski definition) is 0. The van der Waals surface area contributed by atoms with Crippen molar-refractivity contribution < 1.29 is 0 Å². The lowest BCUT2D eigenvalue weighted by Crippen LogP contribution is -1.97. The maximum Gasteiger partial charge on any atom is 0.188 e. The summed E-state index contributed by atoms with van der Waals surface area (Å²) in [5, 5.41) is 4.54. The largest absolute Gasteiger partial charge is 0.309 e. The van der Waals surface area contributed by atoms with Gasteiger partial charge < -0.3 is 9.13 Å². The van der Waals surface area contributed by atoms with Crippen LogP contribution in [-0.4, -0.2) is 14.1 Å². The first-order valence-electron chi connectivity index (χ1n) is 17.4. The van der Waals surface area contributed by atoms with Crippen LogP contribution in [0.1, 0.15) is 0 Å². The smallest absolute Gasteiger partial charge is 0.188 e. The van der Waals surface area contributed by atoms with Crippen molar-refractivity contribution in [1.82, 2.24) is 14.1 Å². The Bertz CT molecular complexity index is 2940. The molecule has 0 amide bonds. The van der Waals surface area contributed by atoms with Crippen LogP contribution in [-0.2, 0) is 0 Å². The van der Waals surface area contributed by atoms with Crippen molar-refractivity contribution in [2.45, 2.75) is 0 Å². The minimum absolute atomic E-state index is 0.627. The van der Waals surface area contributed by atoms with E-state index in [4.69, 9.17) is 11.6 Å². The minimum atomic E-state index is 0.627. The Hall–Kier alpha value is -7.22. The zero-order chi connectivity index (χ0) is 34.6. The summed E-state index contributed by atoms with van der Waals surface area (Å²) in [5.74, 6) is 0. The van der Waals surface area contributed by atoms with Crippen molar-refractivity contribution in [3.63, 3.8) is 0 Å². The highest BCUT2D eigenvalue weighted by atomic mass is 15.0. The number of hydrogen-bond acceptors (Lipinski definition) is 1. The maximum atomic E-state index is 7.83. The van der Waals surface area contributed by atoms with E-state index < -0.39 is 0 Å². The second-order valence-corrected chi connectivity index (χ2v) is 13.1. The van der Waals surface area contributed by atoms with E-state index in [0.717, 1.165) is 77.9 Å². The van der Waals surface area contributed by atoms with Gasteiger partial charge in [0.05, 0.1) is 40.0 Å². The lowest BCUT2D eigenvalue weighted by molar-refractivity contribution is 1.17. The maximum absolute atomic E-state index is 7.83. The molecule has 10 rings (SSSR count). The number of rotatable bonds is 5. The zero-order valence-electron chi connectivity index (χ0n) is 28.1. The third-order valence-electron chi connectivity index (χ3n) is 10.1. The third-order valence-corrected chi connectivity index (χ3v) is 10.1. The third kappa shape index (κ3) is 4.72. The quantitative estimate of drug-likeness (QED) is 0.169. The Morgan fingerprint density at radius 3 is 1.79 bits per heavy atom. The van der Waals surface area contributed by atoms with Crippen LogP contribution in [0.15, 0.2) is 182 Å². The number of aromatic nitrogens is 3. The second kappa shape index (κ2) is 12.0. The van der Waals surface area contributed by atoms with Crippen molar-refractivity contribution in [2.75, 3.05) is 0 Å². The fourth-order valence-corrected chi connectivity index (χ4v) is 7.78. The van der Waals surface area contributed by atoms with Crippen LogP contribution in [0, 0.1) is 6.57 Å². The summed E-state index contributed by atoms with van der Waals surface area (Å²) >= 11 is 0. The molecule has 0 radical (unpaired) electrons. The van der Waals surface area contributed by atoms with Crippen molar-refractivity contribution in [3.05, 3.63) is 193 Å². The van der Waals surface area contributed by atoms with Gasteiger partial charge in [-0.3, -0.25) is 0 Å². The van der Waals surface area contributed by atoms with E-state index in [1.165, 1.54) is 10.8 Å². The summed E-state index contributed by atoms with van der Waals surface area (Å²) < 4.78 is 4.74. The highest BCUT2D eigenvalue weighted by Crippen LogP contribution is 2.43. The van der Waals surface area contributed by atoms with Crippen molar-refractivity contribution in [1.29, 1.82) is 0 Å². The molecule has 4 nitrogen and oxygen atoms in total. The molecule has 0 aliphatic rings. The van der Waals surface area contributed by atoms with E-state index in [1.807, 2.05) is 24.3 Å². The first kappa shape index (κ1) is 29.7. The molecule has 0 spiro atoms. The minimum Gasteiger partial charge on any atom is -0.309 e. The molecule has 7 aromatic carbocycles. The molecule has 0 bridgehead atoms. The number of benzene rings is 7. The fourth-order valence-electron chi connectivity index (χ4n) is 7.78.